The van der Waals surface area contributed by atoms with Gasteiger partial charge in [0.15, 0.2) is 0 Å². The molecule has 0 bridgehead atoms. The molecule has 3 aromatic rings. The number of rotatable bonds is 2. The lowest BCUT2D eigenvalue weighted by Gasteiger charge is -2.12. The summed E-state index contributed by atoms with van der Waals surface area (Å²) in [5, 5.41) is 10.4. The lowest BCUT2D eigenvalue weighted by molar-refractivity contribution is 0.474. The van der Waals surface area contributed by atoms with E-state index in [2.05, 4.69) is 38.4 Å². The summed E-state index contributed by atoms with van der Waals surface area (Å²) in [5.74, 6) is 0.185. The van der Waals surface area contributed by atoms with Crippen molar-refractivity contribution in [1.82, 2.24) is 0 Å². The van der Waals surface area contributed by atoms with Gasteiger partial charge in [-0.25, -0.2) is 4.99 Å². The number of allylic oxidation sites excluding steroid dienone is 3. The highest BCUT2D eigenvalue weighted by Crippen LogP contribution is 2.40. The molecule has 3 aromatic carbocycles. The molecule has 132 valence electrons. The Labute approximate surface area is 174 Å². The second-order valence-corrected chi connectivity index (χ2v) is 8.06. The van der Waals surface area contributed by atoms with E-state index in [9.17, 15) is 5.11 Å². The van der Waals surface area contributed by atoms with Crippen LogP contribution in [-0.4, -0.2) is 10.8 Å². The van der Waals surface area contributed by atoms with Crippen molar-refractivity contribution in [3.05, 3.63) is 105 Å². The molecule has 1 N–H and O–H groups in total. The molecule has 1 aliphatic rings. The predicted octanol–water partition coefficient (Wildman–Crippen LogP) is 7.15. The van der Waals surface area contributed by atoms with E-state index in [0.29, 0.717) is 11.3 Å². The molecule has 0 fully saturated rings. The van der Waals surface area contributed by atoms with Crippen LogP contribution in [0.1, 0.15) is 16.7 Å². The van der Waals surface area contributed by atoms with Gasteiger partial charge >= 0.3 is 0 Å². The second kappa shape index (κ2) is 7.29. The third-order valence-electron chi connectivity index (χ3n) is 4.42. The average Bonchev–Trinajstić information content (AvgIpc) is 2.80. The monoisotopic (exact) mass is 479 g/mol. The lowest BCUT2D eigenvalue weighted by Crippen LogP contribution is -2.04. The van der Waals surface area contributed by atoms with Crippen molar-refractivity contribution in [3.8, 4) is 5.75 Å². The maximum absolute atomic E-state index is 10.4. The highest BCUT2D eigenvalue weighted by Gasteiger charge is 2.20. The Kier molecular flexibility index (Phi) is 4.85. The highest BCUT2D eigenvalue weighted by atomic mass is 79.9. The summed E-state index contributed by atoms with van der Waals surface area (Å²) in [6, 6.07) is 21.5. The van der Waals surface area contributed by atoms with Crippen molar-refractivity contribution in [2.75, 3.05) is 0 Å². The third kappa shape index (κ3) is 3.55. The molecule has 0 unspecified atom stereocenters. The minimum atomic E-state index is 0.185. The summed E-state index contributed by atoms with van der Waals surface area (Å²) in [4.78, 5) is 4.93. The zero-order chi connectivity index (χ0) is 19.0. The Morgan fingerprint density at radius 3 is 2.00 bits per heavy atom. The van der Waals surface area contributed by atoms with E-state index in [4.69, 9.17) is 4.99 Å². The van der Waals surface area contributed by atoms with Gasteiger partial charge in [0.25, 0.3) is 0 Å². The van der Waals surface area contributed by atoms with Gasteiger partial charge in [0.1, 0.15) is 5.75 Å². The fraction of sp³-hybridized carbons (Fsp3) is 0. The van der Waals surface area contributed by atoms with Gasteiger partial charge < -0.3 is 5.11 Å². The van der Waals surface area contributed by atoms with Gasteiger partial charge in [-0.1, -0.05) is 68.8 Å². The number of fused-ring (bicyclic) bond motifs is 1. The van der Waals surface area contributed by atoms with Gasteiger partial charge in [-0.15, -0.1) is 0 Å². The number of aromatic hydroxyl groups is 1. The summed E-state index contributed by atoms with van der Waals surface area (Å²) in [5.41, 5.74) is 5.95. The van der Waals surface area contributed by atoms with Gasteiger partial charge in [0, 0.05) is 25.6 Å². The maximum atomic E-state index is 10.4. The van der Waals surface area contributed by atoms with E-state index in [1.807, 2.05) is 60.7 Å². The van der Waals surface area contributed by atoms with Crippen LogP contribution >= 0.6 is 31.9 Å². The molecule has 4 rings (SSSR count). The van der Waals surface area contributed by atoms with Gasteiger partial charge in [0.05, 0.1) is 11.4 Å². The van der Waals surface area contributed by atoms with Gasteiger partial charge in [0.2, 0.25) is 0 Å². The normalized spacial score (nSPS) is 13.5. The van der Waals surface area contributed by atoms with E-state index in [-0.39, 0.29) is 5.75 Å². The van der Waals surface area contributed by atoms with Crippen LogP contribution in [0.3, 0.4) is 0 Å². The summed E-state index contributed by atoms with van der Waals surface area (Å²) in [6.07, 6.45) is 2.00. The van der Waals surface area contributed by atoms with Crippen LogP contribution in [0.5, 0.6) is 5.75 Å². The van der Waals surface area contributed by atoms with Crippen LogP contribution in [0.4, 0.5) is 5.69 Å². The van der Waals surface area contributed by atoms with E-state index in [0.717, 1.165) is 36.9 Å². The third-order valence-corrected chi connectivity index (χ3v) is 5.48. The summed E-state index contributed by atoms with van der Waals surface area (Å²) >= 11 is 6.98. The molecule has 0 aromatic heterocycles. The Morgan fingerprint density at radius 2 is 1.37 bits per heavy atom. The molecule has 0 atom stereocenters. The molecule has 0 saturated heterocycles. The first-order valence-corrected chi connectivity index (χ1v) is 9.95. The molecule has 2 nitrogen and oxygen atoms in total. The first kappa shape index (κ1) is 18.0. The average molecular weight is 481 g/mol. The van der Waals surface area contributed by atoms with Crippen molar-refractivity contribution >= 4 is 54.4 Å². The SMILES string of the molecule is C=C1C=C(c2ccc(Br)cc2)C(c2ccc(Br)cc2)=Nc2cccc(O)c21. The van der Waals surface area contributed by atoms with Crippen LogP contribution in [0.25, 0.3) is 11.1 Å². The predicted molar refractivity (Wildman–Crippen MR) is 120 cm³/mol. The molecule has 27 heavy (non-hydrogen) atoms. The quantitative estimate of drug-likeness (QED) is 0.415. The molecule has 1 aliphatic heterocycles. The van der Waals surface area contributed by atoms with Crippen LogP contribution < -0.4 is 0 Å². The number of phenols is 1. The zero-order valence-corrected chi connectivity index (χ0v) is 17.5. The molecular formula is C23H15Br2NO. The van der Waals surface area contributed by atoms with E-state index in [1.54, 1.807) is 12.1 Å². The van der Waals surface area contributed by atoms with Crippen molar-refractivity contribution in [2.24, 2.45) is 4.99 Å². The Balaban J connectivity index is 1.98. The smallest absolute Gasteiger partial charge is 0.125 e. The Bertz CT molecular complexity index is 1090. The lowest BCUT2D eigenvalue weighted by atomic mass is 9.94. The molecule has 0 radical (unpaired) electrons. The Hall–Kier alpha value is -2.43. The summed E-state index contributed by atoms with van der Waals surface area (Å²) in [6.45, 7) is 4.19. The van der Waals surface area contributed by atoms with E-state index < -0.39 is 0 Å². The fourth-order valence-corrected chi connectivity index (χ4v) is 3.65. The summed E-state index contributed by atoms with van der Waals surface area (Å²) in [7, 11) is 0. The molecular weight excluding hydrogens is 466 g/mol. The van der Waals surface area contributed by atoms with Crippen LogP contribution in [0, 0.1) is 0 Å². The minimum Gasteiger partial charge on any atom is -0.507 e. The van der Waals surface area contributed by atoms with Crippen LogP contribution in [-0.2, 0) is 0 Å². The highest BCUT2D eigenvalue weighted by molar-refractivity contribution is 9.10. The van der Waals surface area contributed by atoms with E-state index in [1.165, 1.54) is 0 Å². The van der Waals surface area contributed by atoms with Crippen LogP contribution in [0.2, 0.25) is 0 Å². The number of nitrogens with zero attached hydrogens (tertiary/aromatic N) is 1. The molecule has 4 heteroatoms. The van der Waals surface area contributed by atoms with Gasteiger partial charge in [-0.3, -0.25) is 0 Å². The van der Waals surface area contributed by atoms with Crippen molar-refractivity contribution < 1.29 is 5.11 Å². The topological polar surface area (TPSA) is 32.6 Å². The Morgan fingerprint density at radius 1 is 0.778 bits per heavy atom. The maximum Gasteiger partial charge on any atom is 0.125 e. The summed E-state index contributed by atoms with van der Waals surface area (Å²) < 4.78 is 2.03. The number of benzene rings is 3. The number of aliphatic imine (C=N–C) groups is 1. The second-order valence-electron chi connectivity index (χ2n) is 6.23. The first-order valence-electron chi connectivity index (χ1n) is 8.37. The molecule has 0 saturated carbocycles. The molecule has 0 aliphatic carbocycles. The van der Waals surface area contributed by atoms with Crippen molar-refractivity contribution in [2.45, 2.75) is 0 Å². The number of phenolic OH excluding ortho intramolecular Hbond substituents is 1. The van der Waals surface area contributed by atoms with Crippen molar-refractivity contribution in [1.29, 1.82) is 0 Å². The zero-order valence-electron chi connectivity index (χ0n) is 14.3. The molecule has 0 spiro atoms. The number of hydrogen-bond acceptors (Lipinski definition) is 2. The van der Waals surface area contributed by atoms with Gasteiger partial charge in [-0.05, 0) is 53.6 Å². The first-order chi connectivity index (χ1) is 13.0. The largest absolute Gasteiger partial charge is 0.507 e. The van der Waals surface area contributed by atoms with Crippen LogP contribution in [0.15, 0.2) is 93.3 Å². The minimum absolute atomic E-state index is 0.185. The van der Waals surface area contributed by atoms with Crippen molar-refractivity contribution in [3.63, 3.8) is 0 Å². The fourth-order valence-electron chi connectivity index (χ4n) is 3.12. The number of halogens is 2. The number of hydrogen-bond donors (Lipinski definition) is 1. The molecule has 0 amide bonds. The van der Waals surface area contributed by atoms with E-state index >= 15 is 0 Å². The molecule has 1 heterocycles. The van der Waals surface area contributed by atoms with Gasteiger partial charge in [-0.2, -0.15) is 0 Å². The standard InChI is InChI=1S/C23H15Br2NO/c1-14-13-19(15-5-9-17(24)10-6-15)23(16-7-11-18(25)12-8-16)26-20-3-2-4-21(27)22(14)20/h2-13,27H,1H2.